The monoisotopic (exact) mass is 353 g/mol. The number of aryl methyl sites for hydroxylation is 1. The quantitative estimate of drug-likeness (QED) is 0.896. The van der Waals surface area contributed by atoms with E-state index in [0.717, 1.165) is 18.9 Å². The molecule has 0 bridgehead atoms. The Morgan fingerprint density at radius 3 is 2.78 bits per heavy atom. The molecule has 1 spiro atoms. The predicted molar refractivity (Wildman–Crippen MR) is 94.8 cm³/mol. The van der Waals surface area contributed by atoms with E-state index in [2.05, 4.69) is 37.2 Å². The average molecular weight is 354 g/mol. The third-order valence-electron chi connectivity index (χ3n) is 5.27. The van der Waals surface area contributed by atoms with Gasteiger partial charge in [-0.1, -0.05) is 0 Å². The molecule has 1 aliphatic carbocycles. The summed E-state index contributed by atoms with van der Waals surface area (Å²) in [7, 11) is 2.08. The summed E-state index contributed by atoms with van der Waals surface area (Å²) >= 11 is 1.76. The van der Waals surface area contributed by atoms with Gasteiger partial charge >= 0.3 is 0 Å². The van der Waals surface area contributed by atoms with Crippen molar-refractivity contribution < 1.29 is 0 Å². The second-order valence-corrected chi connectivity index (χ2v) is 7.60. The van der Waals surface area contributed by atoms with Gasteiger partial charge in [0.15, 0.2) is 0 Å². The lowest BCUT2D eigenvalue weighted by Crippen LogP contribution is -2.36. The highest BCUT2D eigenvalue weighted by atomic mass is 35.5. The summed E-state index contributed by atoms with van der Waals surface area (Å²) in [5, 5.41) is 6.78. The highest BCUT2D eigenvalue weighted by Gasteiger charge is 2.56. The largest absolute Gasteiger partial charge is 0.337 e. The number of aromatic nitrogens is 3. The Morgan fingerprint density at radius 1 is 1.30 bits per heavy atom. The van der Waals surface area contributed by atoms with Gasteiger partial charge in [0.2, 0.25) is 0 Å². The third-order valence-corrected chi connectivity index (χ3v) is 6.04. The molecule has 1 saturated carbocycles. The van der Waals surface area contributed by atoms with Gasteiger partial charge in [-0.3, -0.25) is 4.90 Å². The van der Waals surface area contributed by atoms with Crippen molar-refractivity contribution in [2.75, 3.05) is 13.1 Å². The molecule has 2 aliphatic rings. The fourth-order valence-corrected chi connectivity index (χ4v) is 4.46. The van der Waals surface area contributed by atoms with Gasteiger partial charge < -0.3 is 9.88 Å². The van der Waals surface area contributed by atoms with Crippen LogP contribution >= 0.6 is 23.7 Å². The molecule has 126 valence electrons. The number of hydrogen-bond donors (Lipinski definition) is 1. The number of piperidine rings is 1. The van der Waals surface area contributed by atoms with Crippen molar-refractivity contribution in [3.05, 3.63) is 34.8 Å². The first-order valence-electron chi connectivity index (χ1n) is 8.06. The van der Waals surface area contributed by atoms with Crippen LogP contribution in [0.4, 0.5) is 0 Å². The van der Waals surface area contributed by atoms with Crippen molar-refractivity contribution in [3.63, 3.8) is 0 Å². The van der Waals surface area contributed by atoms with Crippen LogP contribution in [-0.4, -0.2) is 38.6 Å². The van der Waals surface area contributed by atoms with Gasteiger partial charge in [0.05, 0.1) is 13.1 Å². The zero-order valence-corrected chi connectivity index (χ0v) is 15.1. The average Bonchev–Trinajstić information content (AvgIpc) is 2.90. The lowest BCUT2D eigenvalue weighted by molar-refractivity contribution is 0.182. The Kier molecular flexibility index (Phi) is 5.06. The molecule has 1 unspecified atom stereocenters. The standard InChI is InChI=1S/C16H23N5S.ClH/c1-20-8-6-18-14(20)11-21(12-15-19-7-9-22-15)13-10-16(13)2-4-17-5-3-16;/h6-9,13,17H,2-5,10-12H2,1H3;1H. The van der Waals surface area contributed by atoms with Gasteiger partial charge in [-0.25, -0.2) is 9.97 Å². The van der Waals surface area contributed by atoms with Crippen LogP contribution in [0.5, 0.6) is 0 Å². The zero-order valence-electron chi connectivity index (χ0n) is 13.4. The highest BCUT2D eigenvalue weighted by Crippen LogP contribution is 2.56. The second-order valence-electron chi connectivity index (χ2n) is 6.62. The van der Waals surface area contributed by atoms with E-state index >= 15 is 0 Å². The number of rotatable bonds is 5. The van der Waals surface area contributed by atoms with E-state index in [1.165, 1.54) is 37.4 Å². The molecule has 2 fully saturated rings. The summed E-state index contributed by atoms with van der Waals surface area (Å²) in [6.45, 7) is 4.21. The molecule has 1 atom stereocenters. The maximum absolute atomic E-state index is 4.52. The molecular weight excluding hydrogens is 330 g/mol. The fraction of sp³-hybridized carbons (Fsp3) is 0.625. The van der Waals surface area contributed by atoms with Gasteiger partial charge in [0, 0.05) is 37.1 Å². The maximum Gasteiger partial charge on any atom is 0.122 e. The molecule has 0 amide bonds. The molecular formula is C16H24ClN5S. The minimum absolute atomic E-state index is 0. The van der Waals surface area contributed by atoms with Crippen molar-refractivity contribution in [2.24, 2.45) is 12.5 Å². The highest BCUT2D eigenvalue weighted by molar-refractivity contribution is 7.09. The smallest absolute Gasteiger partial charge is 0.122 e. The summed E-state index contributed by atoms with van der Waals surface area (Å²) in [5.74, 6) is 1.15. The summed E-state index contributed by atoms with van der Waals surface area (Å²) in [6.07, 6.45) is 9.80. The second kappa shape index (κ2) is 6.89. The summed E-state index contributed by atoms with van der Waals surface area (Å²) < 4.78 is 2.13. The van der Waals surface area contributed by atoms with E-state index in [4.69, 9.17) is 0 Å². The van der Waals surface area contributed by atoms with Crippen molar-refractivity contribution >= 4 is 23.7 Å². The van der Waals surface area contributed by atoms with E-state index in [9.17, 15) is 0 Å². The first-order chi connectivity index (χ1) is 10.8. The topological polar surface area (TPSA) is 46.0 Å². The van der Waals surface area contributed by atoms with Crippen molar-refractivity contribution in [1.29, 1.82) is 0 Å². The molecule has 1 N–H and O–H groups in total. The van der Waals surface area contributed by atoms with Crippen LogP contribution in [-0.2, 0) is 20.1 Å². The summed E-state index contributed by atoms with van der Waals surface area (Å²) in [4.78, 5) is 11.6. The van der Waals surface area contributed by atoms with Crippen LogP contribution in [0.1, 0.15) is 30.1 Å². The number of thiazole rings is 1. The number of halogens is 1. The van der Waals surface area contributed by atoms with Gasteiger partial charge in [-0.15, -0.1) is 23.7 Å². The Hall–Kier alpha value is -0.950. The number of hydrogen-bond acceptors (Lipinski definition) is 5. The van der Waals surface area contributed by atoms with Crippen molar-refractivity contribution in [2.45, 2.75) is 38.4 Å². The molecule has 0 aromatic carbocycles. The Bertz CT molecular complexity index is 620. The van der Waals surface area contributed by atoms with Crippen LogP contribution in [0.2, 0.25) is 0 Å². The zero-order chi connectivity index (χ0) is 15.0. The maximum atomic E-state index is 4.52. The Balaban J connectivity index is 0.00000156. The van der Waals surface area contributed by atoms with Gasteiger partial charge in [-0.05, 0) is 37.8 Å². The fourth-order valence-electron chi connectivity index (χ4n) is 3.82. The molecule has 1 saturated heterocycles. The van der Waals surface area contributed by atoms with E-state index in [-0.39, 0.29) is 12.4 Å². The molecule has 0 radical (unpaired) electrons. The number of nitrogens with zero attached hydrogens (tertiary/aromatic N) is 4. The minimum atomic E-state index is 0. The summed E-state index contributed by atoms with van der Waals surface area (Å²) in [5.41, 5.74) is 0.549. The number of imidazole rings is 1. The first kappa shape index (κ1) is 16.9. The first-order valence-corrected chi connectivity index (χ1v) is 8.94. The lowest BCUT2D eigenvalue weighted by Gasteiger charge is -2.29. The van der Waals surface area contributed by atoms with Crippen molar-refractivity contribution in [3.8, 4) is 0 Å². The van der Waals surface area contributed by atoms with Crippen LogP contribution in [0.25, 0.3) is 0 Å². The lowest BCUT2D eigenvalue weighted by atomic mass is 9.93. The van der Waals surface area contributed by atoms with Crippen LogP contribution in [0.3, 0.4) is 0 Å². The molecule has 7 heteroatoms. The Labute approximate surface area is 147 Å². The van der Waals surface area contributed by atoms with Crippen LogP contribution in [0, 0.1) is 5.41 Å². The van der Waals surface area contributed by atoms with Crippen LogP contribution < -0.4 is 5.32 Å². The minimum Gasteiger partial charge on any atom is -0.337 e. The third kappa shape index (κ3) is 3.45. The van der Waals surface area contributed by atoms with E-state index in [1.54, 1.807) is 11.3 Å². The Morgan fingerprint density at radius 2 is 2.13 bits per heavy atom. The molecule has 2 aromatic heterocycles. The summed E-state index contributed by atoms with van der Waals surface area (Å²) in [6, 6.07) is 0.690. The molecule has 3 heterocycles. The van der Waals surface area contributed by atoms with E-state index in [0.29, 0.717) is 11.5 Å². The SMILES string of the molecule is Cl.Cn1ccnc1CN(Cc1nccs1)C1CC12CCNCC2. The van der Waals surface area contributed by atoms with Gasteiger partial charge in [0.25, 0.3) is 0 Å². The predicted octanol–water partition coefficient (Wildman–Crippen LogP) is 2.44. The number of nitrogens with one attached hydrogen (secondary N) is 1. The molecule has 4 rings (SSSR count). The van der Waals surface area contributed by atoms with E-state index < -0.39 is 0 Å². The van der Waals surface area contributed by atoms with Crippen LogP contribution in [0.15, 0.2) is 24.0 Å². The molecule has 5 nitrogen and oxygen atoms in total. The van der Waals surface area contributed by atoms with Gasteiger partial charge in [0.1, 0.15) is 10.8 Å². The molecule has 23 heavy (non-hydrogen) atoms. The normalized spacial score (nSPS) is 22.3. The van der Waals surface area contributed by atoms with E-state index in [1.807, 2.05) is 18.6 Å². The van der Waals surface area contributed by atoms with Gasteiger partial charge in [-0.2, -0.15) is 0 Å². The molecule has 2 aromatic rings. The molecule has 1 aliphatic heterocycles. The van der Waals surface area contributed by atoms with Crippen molar-refractivity contribution in [1.82, 2.24) is 24.8 Å².